The van der Waals surface area contributed by atoms with Crippen molar-refractivity contribution in [2.45, 2.75) is 0 Å². The maximum atomic E-state index is 12.9. The van der Waals surface area contributed by atoms with Crippen molar-refractivity contribution in [2.75, 3.05) is 4.90 Å². The van der Waals surface area contributed by atoms with E-state index in [0.29, 0.717) is 5.69 Å². The summed E-state index contributed by atoms with van der Waals surface area (Å²) in [5.41, 5.74) is 0.350. The van der Waals surface area contributed by atoms with Crippen molar-refractivity contribution in [3.8, 4) is 0 Å². The lowest BCUT2D eigenvalue weighted by Crippen LogP contribution is -2.29. The number of benzene rings is 1. The fourth-order valence-electron chi connectivity index (χ4n) is 1.28. The predicted molar refractivity (Wildman–Crippen MR) is 55.7 cm³/mol. The van der Waals surface area contributed by atoms with Crippen LogP contribution in [0.4, 0.5) is 10.1 Å². The van der Waals surface area contributed by atoms with Crippen LogP contribution in [-0.4, -0.2) is 11.8 Å². The quantitative estimate of drug-likeness (QED) is 0.732. The van der Waals surface area contributed by atoms with Crippen molar-refractivity contribution in [1.29, 1.82) is 0 Å². The minimum atomic E-state index is -0.439. The minimum absolute atomic E-state index is 0.215. The lowest BCUT2D eigenvalue weighted by atomic mass is 10.3. The molecule has 0 fully saturated rings. The average Bonchev–Trinajstić information content (AvgIpc) is 2.52. The summed E-state index contributed by atoms with van der Waals surface area (Å²) in [5, 5.41) is 0. The van der Waals surface area contributed by atoms with Crippen LogP contribution in [0.15, 0.2) is 34.8 Å². The fraction of sp³-hybridized carbons (Fsp3) is 0. The third-order valence-electron chi connectivity index (χ3n) is 1.97. The van der Waals surface area contributed by atoms with Crippen LogP contribution in [0.25, 0.3) is 0 Å². The van der Waals surface area contributed by atoms with E-state index >= 15 is 0 Å². The monoisotopic (exact) mass is 269 g/mol. The van der Waals surface area contributed by atoms with Crippen LogP contribution in [0.5, 0.6) is 0 Å². The van der Waals surface area contributed by atoms with E-state index < -0.39 is 17.6 Å². The Morgan fingerprint density at radius 3 is 2.27 bits per heavy atom. The molecule has 1 heterocycles. The number of carbonyl (C=O) groups excluding carboxylic acids is 2. The fourth-order valence-corrected chi connectivity index (χ4v) is 1.65. The first kappa shape index (κ1) is 10.0. The molecule has 0 radical (unpaired) electrons. The molecular weight excluding hydrogens is 265 g/mol. The van der Waals surface area contributed by atoms with Gasteiger partial charge in [0.2, 0.25) is 0 Å². The standard InChI is InChI=1S/C10H5BrFNO2/c11-7-5-6(1-2-8(7)12)13-9(14)3-4-10(13)15/h1-5H. The van der Waals surface area contributed by atoms with Crippen molar-refractivity contribution < 1.29 is 14.0 Å². The Morgan fingerprint density at radius 1 is 1.13 bits per heavy atom. The second-order valence-corrected chi connectivity index (χ2v) is 3.80. The summed E-state index contributed by atoms with van der Waals surface area (Å²) in [6, 6.07) is 3.96. The average molecular weight is 270 g/mol. The number of rotatable bonds is 1. The van der Waals surface area contributed by atoms with Gasteiger partial charge in [0, 0.05) is 12.2 Å². The van der Waals surface area contributed by atoms with E-state index in [2.05, 4.69) is 15.9 Å². The van der Waals surface area contributed by atoms with Gasteiger partial charge in [-0.05, 0) is 34.1 Å². The molecule has 0 N–H and O–H groups in total. The molecule has 15 heavy (non-hydrogen) atoms. The van der Waals surface area contributed by atoms with E-state index in [9.17, 15) is 14.0 Å². The molecule has 0 unspecified atom stereocenters. The van der Waals surface area contributed by atoms with Crippen molar-refractivity contribution in [2.24, 2.45) is 0 Å². The van der Waals surface area contributed by atoms with Gasteiger partial charge in [-0.2, -0.15) is 0 Å². The lowest BCUT2D eigenvalue weighted by molar-refractivity contribution is -0.119. The molecule has 1 aliphatic rings. The van der Waals surface area contributed by atoms with Crippen LogP contribution in [0.2, 0.25) is 0 Å². The molecular formula is C10H5BrFNO2. The number of hydrogen-bond donors (Lipinski definition) is 0. The number of halogens is 2. The zero-order valence-corrected chi connectivity index (χ0v) is 8.99. The maximum absolute atomic E-state index is 12.9. The van der Waals surface area contributed by atoms with Gasteiger partial charge in [0.05, 0.1) is 10.2 Å². The van der Waals surface area contributed by atoms with Crippen LogP contribution < -0.4 is 4.90 Å². The van der Waals surface area contributed by atoms with Crippen molar-refractivity contribution in [3.05, 3.63) is 40.6 Å². The Morgan fingerprint density at radius 2 is 1.73 bits per heavy atom. The van der Waals surface area contributed by atoms with Gasteiger partial charge in [0.25, 0.3) is 11.8 Å². The first-order chi connectivity index (χ1) is 7.09. The van der Waals surface area contributed by atoms with E-state index in [-0.39, 0.29) is 4.47 Å². The number of hydrogen-bond acceptors (Lipinski definition) is 2. The molecule has 0 spiro atoms. The summed E-state index contributed by atoms with van der Waals surface area (Å²) in [5.74, 6) is -1.28. The molecule has 0 saturated carbocycles. The highest BCUT2D eigenvalue weighted by Gasteiger charge is 2.25. The number of imide groups is 1. The number of nitrogens with zero attached hydrogens (tertiary/aromatic N) is 1. The van der Waals surface area contributed by atoms with Gasteiger partial charge in [-0.3, -0.25) is 9.59 Å². The van der Waals surface area contributed by atoms with Crippen LogP contribution >= 0.6 is 15.9 Å². The van der Waals surface area contributed by atoms with Gasteiger partial charge in [-0.25, -0.2) is 9.29 Å². The summed E-state index contributed by atoms with van der Waals surface area (Å²) in [6.45, 7) is 0. The molecule has 0 atom stereocenters. The van der Waals surface area contributed by atoms with Crippen LogP contribution in [0.3, 0.4) is 0 Å². The van der Waals surface area contributed by atoms with Gasteiger partial charge in [0.15, 0.2) is 0 Å². The first-order valence-electron chi connectivity index (χ1n) is 4.11. The Balaban J connectivity index is 2.42. The molecule has 3 nitrogen and oxygen atoms in total. The molecule has 76 valence electrons. The molecule has 0 aliphatic carbocycles. The lowest BCUT2D eigenvalue weighted by Gasteiger charge is -2.13. The number of anilines is 1. The Hall–Kier alpha value is -1.49. The normalized spacial score (nSPS) is 15.2. The Labute approximate surface area is 93.3 Å². The van der Waals surface area contributed by atoms with E-state index in [0.717, 1.165) is 4.90 Å². The number of carbonyl (C=O) groups is 2. The molecule has 2 amide bonds. The number of amides is 2. The van der Waals surface area contributed by atoms with Gasteiger partial charge in [-0.1, -0.05) is 0 Å². The van der Waals surface area contributed by atoms with Crippen molar-refractivity contribution in [3.63, 3.8) is 0 Å². The highest BCUT2D eigenvalue weighted by Crippen LogP contribution is 2.25. The van der Waals surface area contributed by atoms with E-state index in [1.807, 2.05) is 0 Å². The smallest absolute Gasteiger partial charge is 0.258 e. The molecule has 1 aromatic carbocycles. The summed E-state index contributed by atoms with van der Waals surface area (Å²) < 4.78 is 13.1. The highest BCUT2D eigenvalue weighted by atomic mass is 79.9. The second kappa shape index (κ2) is 3.58. The minimum Gasteiger partial charge on any atom is -0.269 e. The topological polar surface area (TPSA) is 37.4 Å². The summed E-state index contributed by atoms with van der Waals surface area (Å²) in [6.07, 6.45) is 2.36. The third kappa shape index (κ3) is 1.70. The largest absolute Gasteiger partial charge is 0.269 e. The Bertz CT molecular complexity index is 466. The Kier molecular flexibility index (Phi) is 2.40. The van der Waals surface area contributed by atoms with Crippen molar-refractivity contribution >= 4 is 33.4 Å². The van der Waals surface area contributed by atoms with Gasteiger partial charge < -0.3 is 0 Å². The SMILES string of the molecule is O=C1C=CC(=O)N1c1ccc(F)c(Br)c1. The molecule has 2 rings (SSSR count). The second-order valence-electron chi connectivity index (χ2n) is 2.94. The van der Waals surface area contributed by atoms with Gasteiger partial charge in [0.1, 0.15) is 5.82 Å². The van der Waals surface area contributed by atoms with Gasteiger partial charge in [-0.15, -0.1) is 0 Å². The van der Waals surface area contributed by atoms with Gasteiger partial charge >= 0.3 is 0 Å². The molecule has 1 aliphatic heterocycles. The van der Waals surface area contributed by atoms with E-state index in [4.69, 9.17) is 0 Å². The zero-order chi connectivity index (χ0) is 11.0. The molecule has 0 aromatic heterocycles. The predicted octanol–water partition coefficient (Wildman–Crippen LogP) is 2.02. The van der Waals surface area contributed by atoms with Crippen LogP contribution in [0.1, 0.15) is 0 Å². The molecule has 0 saturated heterocycles. The van der Waals surface area contributed by atoms with E-state index in [1.165, 1.54) is 30.4 Å². The first-order valence-corrected chi connectivity index (χ1v) is 4.90. The molecule has 0 bridgehead atoms. The summed E-state index contributed by atoms with van der Waals surface area (Å²) in [7, 11) is 0. The van der Waals surface area contributed by atoms with Crippen molar-refractivity contribution in [1.82, 2.24) is 0 Å². The maximum Gasteiger partial charge on any atom is 0.258 e. The summed E-state index contributed by atoms with van der Waals surface area (Å²) in [4.78, 5) is 23.6. The summed E-state index contributed by atoms with van der Waals surface area (Å²) >= 11 is 2.99. The highest BCUT2D eigenvalue weighted by molar-refractivity contribution is 9.10. The van der Waals surface area contributed by atoms with E-state index in [1.54, 1.807) is 0 Å². The third-order valence-corrected chi connectivity index (χ3v) is 2.58. The molecule has 1 aromatic rings. The zero-order valence-electron chi connectivity index (χ0n) is 7.41. The van der Waals surface area contributed by atoms with Crippen LogP contribution in [0, 0.1) is 5.82 Å². The van der Waals surface area contributed by atoms with Crippen LogP contribution in [-0.2, 0) is 9.59 Å². The molecule has 5 heteroatoms.